The molecule has 20 heavy (non-hydrogen) atoms. The Labute approximate surface area is 134 Å². The third kappa shape index (κ3) is 3.37. The first-order chi connectivity index (χ1) is 9.49. The van der Waals surface area contributed by atoms with Gasteiger partial charge in [0.2, 0.25) is 5.91 Å². The molecule has 104 valence electrons. The Bertz CT molecular complexity index is 715. The van der Waals surface area contributed by atoms with Crippen LogP contribution in [0.15, 0.2) is 35.3 Å². The van der Waals surface area contributed by atoms with Crippen molar-refractivity contribution in [2.24, 2.45) is 0 Å². The molecule has 0 saturated heterocycles. The molecule has 0 aliphatic carbocycles. The number of hydrogen-bond acceptors (Lipinski definition) is 3. The number of amides is 1. The molecule has 0 aliphatic heterocycles. The van der Waals surface area contributed by atoms with Crippen molar-refractivity contribution in [3.05, 3.63) is 55.2 Å². The van der Waals surface area contributed by atoms with Gasteiger partial charge in [0.1, 0.15) is 12.4 Å². The molecule has 1 aromatic heterocycles. The Morgan fingerprint density at radius 2 is 2.15 bits per heavy atom. The molecule has 0 bridgehead atoms. The van der Waals surface area contributed by atoms with Gasteiger partial charge in [-0.15, -0.1) is 0 Å². The van der Waals surface area contributed by atoms with E-state index in [1.165, 1.54) is 10.8 Å². The number of aromatic nitrogens is 2. The highest BCUT2D eigenvalue weighted by molar-refractivity contribution is 14.1. The van der Waals surface area contributed by atoms with Crippen molar-refractivity contribution in [1.82, 2.24) is 9.55 Å². The van der Waals surface area contributed by atoms with E-state index in [-0.39, 0.29) is 18.0 Å². The summed E-state index contributed by atoms with van der Waals surface area (Å²) < 4.78 is 1.80. The Morgan fingerprint density at radius 3 is 2.85 bits per heavy atom. The molecule has 0 spiro atoms. The quantitative estimate of drug-likeness (QED) is 0.801. The first-order valence-electron chi connectivity index (χ1n) is 5.75. The van der Waals surface area contributed by atoms with Crippen molar-refractivity contribution >= 4 is 45.8 Å². The summed E-state index contributed by atoms with van der Waals surface area (Å²) in [5.74, 6) is 0.164. The molecule has 0 aliphatic rings. The molecule has 0 radical (unpaired) electrons. The summed E-state index contributed by atoms with van der Waals surface area (Å²) in [4.78, 5) is 28.0. The lowest BCUT2D eigenvalue weighted by Gasteiger charge is -2.10. The number of carbonyl (C=O) groups excluding carboxylic acids is 1. The molecular weight excluding hydrogens is 393 g/mol. The number of nitrogens with zero attached hydrogens (tertiary/aromatic N) is 2. The van der Waals surface area contributed by atoms with Gasteiger partial charge in [-0.25, -0.2) is 4.98 Å². The fourth-order valence-electron chi connectivity index (χ4n) is 1.63. The van der Waals surface area contributed by atoms with E-state index in [4.69, 9.17) is 11.6 Å². The van der Waals surface area contributed by atoms with E-state index in [9.17, 15) is 9.59 Å². The molecule has 0 fully saturated rings. The monoisotopic (exact) mass is 403 g/mol. The fraction of sp³-hybridized carbons (Fsp3) is 0.154. The van der Waals surface area contributed by atoms with Gasteiger partial charge in [-0.1, -0.05) is 23.7 Å². The van der Waals surface area contributed by atoms with Crippen LogP contribution in [0.5, 0.6) is 0 Å². The van der Waals surface area contributed by atoms with Gasteiger partial charge in [0.15, 0.2) is 0 Å². The van der Waals surface area contributed by atoms with E-state index in [0.717, 1.165) is 0 Å². The Hall–Kier alpha value is -1.41. The second-order valence-corrected chi connectivity index (χ2v) is 5.64. The normalized spacial score (nSPS) is 10.3. The van der Waals surface area contributed by atoms with Gasteiger partial charge < -0.3 is 5.32 Å². The van der Waals surface area contributed by atoms with Crippen molar-refractivity contribution in [2.75, 3.05) is 5.32 Å². The SMILES string of the molecule is Cc1ncc(I)c(=O)n1CC(=O)Nc1ccccc1Cl. The average Bonchev–Trinajstić information content (AvgIpc) is 2.42. The molecule has 5 nitrogen and oxygen atoms in total. The zero-order valence-corrected chi connectivity index (χ0v) is 13.5. The van der Waals surface area contributed by atoms with Crippen LogP contribution in [0, 0.1) is 10.5 Å². The van der Waals surface area contributed by atoms with E-state index >= 15 is 0 Å². The van der Waals surface area contributed by atoms with Crippen LogP contribution in [0.25, 0.3) is 0 Å². The third-order valence-electron chi connectivity index (χ3n) is 2.65. The van der Waals surface area contributed by atoms with E-state index < -0.39 is 0 Å². The van der Waals surface area contributed by atoms with Crippen LogP contribution in [0.3, 0.4) is 0 Å². The molecule has 1 N–H and O–H groups in total. The van der Waals surface area contributed by atoms with Crippen molar-refractivity contribution in [3.8, 4) is 0 Å². The molecule has 7 heteroatoms. The minimum Gasteiger partial charge on any atom is -0.323 e. The average molecular weight is 404 g/mol. The summed E-state index contributed by atoms with van der Waals surface area (Å²) in [7, 11) is 0. The number of para-hydroxylation sites is 1. The Morgan fingerprint density at radius 1 is 1.45 bits per heavy atom. The molecule has 1 heterocycles. The molecule has 0 saturated carbocycles. The van der Waals surface area contributed by atoms with Crippen molar-refractivity contribution in [3.63, 3.8) is 0 Å². The molecule has 2 aromatic rings. The third-order valence-corrected chi connectivity index (χ3v) is 3.72. The number of halogens is 2. The van der Waals surface area contributed by atoms with Crippen molar-refractivity contribution in [2.45, 2.75) is 13.5 Å². The summed E-state index contributed by atoms with van der Waals surface area (Å²) >= 11 is 7.86. The minimum absolute atomic E-state index is 0.0975. The lowest BCUT2D eigenvalue weighted by atomic mass is 10.3. The van der Waals surface area contributed by atoms with Gasteiger partial charge in [-0.2, -0.15) is 0 Å². The van der Waals surface area contributed by atoms with Gasteiger partial charge in [0, 0.05) is 6.20 Å². The summed E-state index contributed by atoms with van der Waals surface area (Å²) in [6.07, 6.45) is 1.49. The van der Waals surface area contributed by atoms with Crippen LogP contribution >= 0.6 is 34.2 Å². The minimum atomic E-state index is -0.327. The van der Waals surface area contributed by atoms with Crippen LogP contribution in [-0.4, -0.2) is 15.5 Å². The van der Waals surface area contributed by atoms with Crippen LogP contribution < -0.4 is 10.9 Å². The summed E-state index contributed by atoms with van der Waals surface area (Å²) in [5, 5.41) is 3.12. The number of carbonyl (C=O) groups is 1. The number of aryl methyl sites for hydroxylation is 1. The summed E-state index contributed by atoms with van der Waals surface area (Å²) in [6, 6.07) is 6.92. The smallest absolute Gasteiger partial charge is 0.267 e. The molecule has 2 rings (SSSR count). The molecular formula is C13H11ClIN3O2. The largest absolute Gasteiger partial charge is 0.323 e. The lowest BCUT2D eigenvalue weighted by Crippen LogP contribution is -2.31. The van der Waals surface area contributed by atoms with Crippen molar-refractivity contribution < 1.29 is 4.79 Å². The number of rotatable bonds is 3. The van der Waals surface area contributed by atoms with Gasteiger partial charge in [0.25, 0.3) is 5.56 Å². The Balaban J connectivity index is 2.19. The Kier molecular flexibility index (Phi) is 4.77. The summed E-state index contributed by atoms with van der Waals surface area (Å²) in [6.45, 7) is 1.58. The number of hydrogen-bond donors (Lipinski definition) is 1. The number of nitrogens with one attached hydrogen (secondary N) is 1. The van der Waals surface area contributed by atoms with Crippen LogP contribution in [0.2, 0.25) is 5.02 Å². The lowest BCUT2D eigenvalue weighted by molar-refractivity contribution is -0.116. The maximum atomic E-state index is 12.0. The second kappa shape index (κ2) is 6.36. The topological polar surface area (TPSA) is 64.0 Å². The van der Waals surface area contributed by atoms with E-state index in [1.807, 2.05) is 22.6 Å². The van der Waals surface area contributed by atoms with Gasteiger partial charge in [0.05, 0.1) is 14.3 Å². The fourth-order valence-corrected chi connectivity index (χ4v) is 2.25. The van der Waals surface area contributed by atoms with E-state index in [0.29, 0.717) is 20.1 Å². The second-order valence-electron chi connectivity index (χ2n) is 4.07. The predicted octanol–water partition coefficient (Wildman–Crippen LogP) is 2.45. The van der Waals surface area contributed by atoms with Gasteiger partial charge in [-0.3, -0.25) is 14.2 Å². The molecule has 1 amide bonds. The van der Waals surface area contributed by atoms with Crippen LogP contribution in [-0.2, 0) is 11.3 Å². The highest BCUT2D eigenvalue weighted by atomic mass is 127. The number of anilines is 1. The zero-order chi connectivity index (χ0) is 14.7. The molecule has 0 atom stereocenters. The van der Waals surface area contributed by atoms with Crippen molar-refractivity contribution in [1.29, 1.82) is 0 Å². The first kappa shape index (κ1) is 15.0. The highest BCUT2D eigenvalue weighted by Gasteiger charge is 2.11. The highest BCUT2D eigenvalue weighted by Crippen LogP contribution is 2.20. The van der Waals surface area contributed by atoms with Crippen LogP contribution in [0.4, 0.5) is 5.69 Å². The van der Waals surface area contributed by atoms with Gasteiger partial charge >= 0.3 is 0 Å². The van der Waals surface area contributed by atoms with E-state index in [2.05, 4.69) is 10.3 Å². The standard InChI is InChI=1S/C13H11ClIN3O2/c1-8-16-6-10(15)13(20)18(8)7-12(19)17-11-5-3-2-4-9(11)14/h2-6H,7H2,1H3,(H,17,19). The van der Waals surface area contributed by atoms with Gasteiger partial charge in [-0.05, 0) is 41.6 Å². The summed E-state index contributed by atoms with van der Waals surface area (Å²) in [5.41, 5.74) is 0.288. The first-order valence-corrected chi connectivity index (χ1v) is 7.21. The molecule has 0 unspecified atom stereocenters. The molecule has 1 aromatic carbocycles. The zero-order valence-electron chi connectivity index (χ0n) is 10.6. The van der Waals surface area contributed by atoms with E-state index in [1.54, 1.807) is 31.2 Å². The maximum Gasteiger partial charge on any atom is 0.267 e. The predicted molar refractivity (Wildman–Crippen MR) is 86.0 cm³/mol. The van der Waals surface area contributed by atoms with Crippen LogP contribution in [0.1, 0.15) is 5.82 Å². The maximum absolute atomic E-state index is 12.0. The number of benzene rings is 1.